The minimum atomic E-state index is 0.983. The molecule has 0 saturated carbocycles. The Labute approximate surface area is 74.4 Å². The zero-order valence-electron chi connectivity index (χ0n) is 7.98. The number of ether oxygens (including phenoxy) is 1. The molecule has 0 amide bonds. The van der Waals surface area contributed by atoms with Crippen molar-refractivity contribution in [3.63, 3.8) is 0 Å². The third-order valence-electron chi connectivity index (χ3n) is 2.05. The number of hydrogen-bond acceptors (Lipinski definition) is 1. The van der Waals surface area contributed by atoms with Crippen LogP contribution in [0.5, 0.6) is 5.75 Å². The summed E-state index contributed by atoms with van der Waals surface area (Å²) in [4.78, 5) is 0. The van der Waals surface area contributed by atoms with Gasteiger partial charge < -0.3 is 4.74 Å². The van der Waals surface area contributed by atoms with E-state index in [-0.39, 0.29) is 0 Å². The highest BCUT2D eigenvalue weighted by atomic mass is 16.5. The average molecular weight is 163 g/mol. The molecule has 0 spiro atoms. The lowest BCUT2D eigenvalue weighted by Crippen LogP contribution is -1.95. The SMILES string of the molecule is CCc1[c]ccc(CC)c1OC. The monoisotopic (exact) mass is 163 g/mol. The highest BCUT2D eigenvalue weighted by molar-refractivity contribution is 5.40. The molecule has 0 fully saturated rings. The summed E-state index contributed by atoms with van der Waals surface area (Å²) in [5, 5.41) is 0. The zero-order valence-corrected chi connectivity index (χ0v) is 7.98. The minimum absolute atomic E-state index is 0.983. The van der Waals surface area contributed by atoms with Crippen molar-refractivity contribution in [2.24, 2.45) is 0 Å². The molecule has 1 nitrogen and oxygen atoms in total. The van der Waals surface area contributed by atoms with E-state index in [9.17, 15) is 0 Å². The van der Waals surface area contributed by atoms with Crippen LogP contribution < -0.4 is 4.74 Å². The van der Waals surface area contributed by atoms with Crippen LogP contribution >= 0.6 is 0 Å². The third kappa shape index (κ3) is 1.60. The van der Waals surface area contributed by atoms with Gasteiger partial charge in [-0.1, -0.05) is 26.0 Å². The topological polar surface area (TPSA) is 9.23 Å². The van der Waals surface area contributed by atoms with Crippen molar-refractivity contribution in [2.45, 2.75) is 26.7 Å². The van der Waals surface area contributed by atoms with Crippen LogP contribution in [0.3, 0.4) is 0 Å². The number of rotatable bonds is 3. The summed E-state index contributed by atoms with van der Waals surface area (Å²) >= 11 is 0. The van der Waals surface area contributed by atoms with Crippen molar-refractivity contribution in [1.29, 1.82) is 0 Å². The van der Waals surface area contributed by atoms with Gasteiger partial charge in [0.15, 0.2) is 0 Å². The fourth-order valence-electron chi connectivity index (χ4n) is 1.37. The number of hydrogen-bond donors (Lipinski definition) is 0. The van der Waals surface area contributed by atoms with Gasteiger partial charge in [0.2, 0.25) is 0 Å². The molecule has 0 aliphatic heterocycles. The molecule has 0 bridgehead atoms. The van der Waals surface area contributed by atoms with Crippen LogP contribution in [-0.4, -0.2) is 7.11 Å². The Morgan fingerprint density at radius 1 is 1.33 bits per heavy atom. The van der Waals surface area contributed by atoms with Gasteiger partial charge in [0.05, 0.1) is 7.11 Å². The molecule has 65 valence electrons. The molecule has 0 N–H and O–H groups in total. The molecule has 0 aliphatic carbocycles. The first-order chi connectivity index (χ1) is 5.83. The van der Waals surface area contributed by atoms with E-state index in [4.69, 9.17) is 4.74 Å². The zero-order chi connectivity index (χ0) is 8.97. The van der Waals surface area contributed by atoms with Gasteiger partial charge in [-0.2, -0.15) is 0 Å². The van der Waals surface area contributed by atoms with E-state index in [1.807, 2.05) is 6.07 Å². The molecule has 1 aromatic rings. The predicted octanol–water partition coefficient (Wildman–Crippen LogP) is 2.62. The van der Waals surface area contributed by atoms with E-state index >= 15 is 0 Å². The van der Waals surface area contributed by atoms with Crippen molar-refractivity contribution in [2.75, 3.05) is 7.11 Å². The maximum Gasteiger partial charge on any atom is 0.125 e. The summed E-state index contributed by atoms with van der Waals surface area (Å²) in [5.41, 5.74) is 2.45. The third-order valence-corrected chi connectivity index (χ3v) is 2.05. The van der Waals surface area contributed by atoms with Crippen LogP contribution in [0.1, 0.15) is 25.0 Å². The lowest BCUT2D eigenvalue weighted by molar-refractivity contribution is 0.405. The van der Waals surface area contributed by atoms with Crippen LogP contribution in [-0.2, 0) is 12.8 Å². The van der Waals surface area contributed by atoms with Crippen LogP contribution in [0.2, 0.25) is 0 Å². The van der Waals surface area contributed by atoms with Gasteiger partial charge in [-0.05, 0) is 24.5 Å². The molecule has 12 heavy (non-hydrogen) atoms. The smallest absolute Gasteiger partial charge is 0.125 e. The summed E-state index contributed by atoms with van der Waals surface area (Å²) in [6.07, 6.45) is 2.00. The first kappa shape index (κ1) is 9.11. The average Bonchev–Trinajstić information content (AvgIpc) is 2.16. The molecule has 1 aromatic carbocycles. The molecule has 0 unspecified atom stereocenters. The molecular formula is C11H15O. The Balaban J connectivity index is 3.13. The number of benzene rings is 1. The van der Waals surface area contributed by atoms with Crippen LogP contribution in [0, 0.1) is 6.07 Å². The molecule has 0 atom stereocenters. The first-order valence-electron chi connectivity index (χ1n) is 4.39. The number of methoxy groups -OCH3 is 1. The largest absolute Gasteiger partial charge is 0.496 e. The normalized spacial score (nSPS) is 9.92. The van der Waals surface area contributed by atoms with E-state index < -0.39 is 0 Å². The van der Waals surface area contributed by atoms with E-state index in [0.29, 0.717) is 0 Å². The van der Waals surface area contributed by atoms with E-state index in [1.165, 1.54) is 11.1 Å². The highest BCUT2D eigenvalue weighted by Gasteiger charge is 2.04. The Kier molecular flexibility index (Phi) is 3.15. The van der Waals surface area contributed by atoms with Gasteiger partial charge in [0.25, 0.3) is 0 Å². The van der Waals surface area contributed by atoms with Crippen molar-refractivity contribution >= 4 is 0 Å². The van der Waals surface area contributed by atoms with Gasteiger partial charge in [0.1, 0.15) is 5.75 Å². The summed E-state index contributed by atoms with van der Waals surface area (Å²) in [6.45, 7) is 4.26. The number of aryl methyl sites for hydroxylation is 2. The molecule has 1 heteroatoms. The van der Waals surface area contributed by atoms with Crippen molar-refractivity contribution in [1.82, 2.24) is 0 Å². The molecule has 0 aromatic heterocycles. The van der Waals surface area contributed by atoms with Crippen molar-refractivity contribution in [3.05, 3.63) is 29.3 Å². The van der Waals surface area contributed by atoms with Crippen molar-refractivity contribution in [3.8, 4) is 5.75 Å². The molecule has 1 rings (SSSR count). The fraction of sp³-hybridized carbons (Fsp3) is 0.455. The summed E-state index contributed by atoms with van der Waals surface area (Å²) in [6, 6.07) is 7.23. The van der Waals surface area contributed by atoms with Crippen LogP contribution in [0.25, 0.3) is 0 Å². The van der Waals surface area contributed by atoms with E-state index in [0.717, 1.165) is 18.6 Å². The van der Waals surface area contributed by atoms with Crippen LogP contribution in [0.15, 0.2) is 12.1 Å². The van der Waals surface area contributed by atoms with E-state index in [1.54, 1.807) is 7.11 Å². The summed E-state index contributed by atoms with van der Waals surface area (Å²) in [5.74, 6) is 1.02. The van der Waals surface area contributed by atoms with Crippen molar-refractivity contribution < 1.29 is 4.74 Å². The van der Waals surface area contributed by atoms with Crippen LogP contribution in [0.4, 0.5) is 0 Å². The Morgan fingerprint density at radius 3 is 2.58 bits per heavy atom. The van der Waals surface area contributed by atoms with Gasteiger partial charge in [-0.15, -0.1) is 0 Å². The molecule has 0 heterocycles. The lowest BCUT2D eigenvalue weighted by Gasteiger charge is -2.10. The fourth-order valence-corrected chi connectivity index (χ4v) is 1.37. The Bertz CT molecular complexity index is 231. The standard InChI is InChI=1S/C11H15O/c1-4-9-7-6-8-10(5-2)11(9)12-3/h6-7H,4-5H2,1-3H3. The molecule has 0 saturated heterocycles. The molecular weight excluding hydrogens is 148 g/mol. The maximum absolute atomic E-state index is 5.33. The second kappa shape index (κ2) is 4.15. The quantitative estimate of drug-likeness (QED) is 0.665. The Morgan fingerprint density at radius 2 is 2.08 bits per heavy atom. The lowest BCUT2D eigenvalue weighted by atomic mass is 10.1. The highest BCUT2D eigenvalue weighted by Crippen LogP contribution is 2.23. The second-order valence-corrected chi connectivity index (χ2v) is 2.72. The van der Waals surface area contributed by atoms with E-state index in [2.05, 4.69) is 26.0 Å². The summed E-state index contributed by atoms with van der Waals surface area (Å²) in [7, 11) is 1.72. The second-order valence-electron chi connectivity index (χ2n) is 2.72. The van der Waals surface area contributed by atoms with Gasteiger partial charge >= 0.3 is 0 Å². The summed E-state index contributed by atoms with van der Waals surface area (Å²) < 4.78 is 5.33. The molecule has 1 radical (unpaired) electrons. The molecule has 0 aliphatic rings. The van der Waals surface area contributed by atoms with Gasteiger partial charge in [0, 0.05) is 5.56 Å². The maximum atomic E-state index is 5.33. The predicted molar refractivity (Wildman–Crippen MR) is 50.6 cm³/mol. The minimum Gasteiger partial charge on any atom is -0.496 e. The van der Waals surface area contributed by atoms with Gasteiger partial charge in [-0.3, -0.25) is 0 Å². The Hall–Kier alpha value is -0.980. The first-order valence-corrected chi connectivity index (χ1v) is 4.39. The van der Waals surface area contributed by atoms with Gasteiger partial charge in [-0.25, -0.2) is 0 Å².